The lowest BCUT2D eigenvalue weighted by Crippen LogP contribution is -2.60. The number of amides is 1. The van der Waals surface area contributed by atoms with Crippen molar-refractivity contribution < 1.29 is 4.79 Å². The number of carbonyl (C=O) groups is 1. The summed E-state index contributed by atoms with van der Waals surface area (Å²) < 4.78 is 0. The van der Waals surface area contributed by atoms with Gasteiger partial charge in [-0.25, -0.2) is 0 Å². The van der Waals surface area contributed by atoms with E-state index in [9.17, 15) is 4.79 Å². The van der Waals surface area contributed by atoms with Gasteiger partial charge in [0, 0.05) is 23.5 Å². The highest BCUT2D eigenvalue weighted by molar-refractivity contribution is 5.78. The van der Waals surface area contributed by atoms with Crippen LogP contribution in [0.5, 0.6) is 0 Å². The average molecular weight is 226 g/mol. The van der Waals surface area contributed by atoms with E-state index < -0.39 is 0 Å². The van der Waals surface area contributed by atoms with Crippen LogP contribution in [0.3, 0.4) is 0 Å². The van der Waals surface area contributed by atoms with E-state index in [1.165, 1.54) is 0 Å². The molecular formula is C13H26N2O. The Morgan fingerprint density at radius 2 is 1.94 bits per heavy atom. The number of hydrogen-bond acceptors (Lipinski definition) is 2. The van der Waals surface area contributed by atoms with Crippen LogP contribution in [0, 0.1) is 0 Å². The molecule has 0 spiro atoms. The molecule has 1 aliphatic heterocycles. The Hall–Kier alpha value is -0.570. The van der Waals surface area contributed by atoms with Crippen molar-refractivity contribution in [2.45, 2.75) is 71.0 Å². The van der Waals surface area contributed by atoms with Gasteiger partial charge in [-0.15, -0.1) is 0 Å². The molecule has 1 heterocycles. The summed E-state index contributed by atoms with van der Waals surface area (Å²) in [6.45, 7) is 10.9. The van der Waals surface area contributed by atoms with Crippen LogP contribution in [0.2, 0.25) is 0 Å². The van der Waals surface area contributed by atoms with Gasteiger partial charge < -0.3 is 5.32 Å². The number of hydrogen-bond donors (Lipinski definition) is 1. The first-order valence-electron chi connectivity index (χ1n) is 6.33. The molecule has 0 aliphatic carbocycles. The monoisotopic (exact) mass is 226 g/mol. The molecule has 1 rings (SSSR count). The number of carbonyl (C=O) groups excluding carboxylic acids is 1. The number of nitrogens with one attached hydrogen (secondary N) is 1. The van der Waals surface area contributed by atoms with Crippen LogP contribution in [0.1, 0.15) is 53.9 Å². The lowest BCUT2D eigenvalue weighted by Gasteiger charge is -2.49. The molecule has 16 heavy (non-hydrogen) atoms. The Labute approximate surface area is 99.6 Å². The predicted molar refractivity (Wildman–Crippen MR) is 67.4 cm³/mol. The molecule has 1 saturated heterocycles. The molecule has 0 radical (unpaired) electrons. The van der Waals surface area contributed by atoms with E-state index >= 15 is 0 Å². The van der Waals surface area contributed by atoms with Gasteiger partial charge in [0.25, 0.3) is 0 Å². The van der Waals surface area contributed by atoms with Crippen molar-refractivity contribution in [3.8, 4) is 0 Å². The molecule has 1 N–H and O–H groups in total. The maximum absolute atomic E-state index is 11.9. The Balaban J connectivity index is 3.15. The van der Waals surface area contributed by atoms with E-state index in [0.717, 1.165) is 12.8 Å². The van der Waals surface area contributed by atoms with Gasteiger partial charge in [-0.3, -0.25) is 9.69 Å². The lowest BCUT2D eigenvalue weighted by molar-refractivity contribution is -0.122. The first kappa shape index (κ1) is 13.5. The molecule has 3 nitrogen and oxygen atoms in total. The molecule has 1 amide bonds. The van der Waals surface area contributed by atoms with Crippen molar-refractivity contribution in [1.29, 1.82) is 0 Å². The smallest absolute Gasteiger partial charge is 0.222 e. The molecule has 94 valence electrons. The molecule has 0 aromatic rings. The second kappa shape index (κ2) is 4.36. The standard InChI is InChI=1S/C13H26N2O/c1-7-12(4)9-11(16)14-10(3)13(5,8-2)15(12)6/h10H,7-9H2,1-6H3,(H,14,16). The summed E-state index contributed by atoms with van der Waals surface area (Å²) in [4.78, 5) is 14.3. The van der Waals surface area contributed by atoms with Crippen LogP contribution in [0.4, 0.5) is 0 Å². The second-order valence-electron chi connectivity index (χ2n) is 5.59. The third-order valence-corrected chi connectivity index (χ3v) is 4.91. The molecule has 1 aliphatic rings. The van der Waals surface area contributed by atoms with Gasteiger partial charge >= 0.3 is 0 Å². The molecule has 0 aromatic heterocycles. The second-order valence-corrected chi connectivity index (χ2v) is 5.59. The minimum atomic E-state index is -0.0282. The first-order chi connectivity index (χ1) is 7.30. The van der Waals surface area contributed by atoms with Crippen molar-refractivity contribution in [1.82, 2.24) is 10.2 Å². The van der Waals surface area contributed by atoms with Crippen molar-refractivity contribution in [3.05, 3.63) is 0 Å². The largest absolute Gasteiger partial charge is 0.352 e. The van der Waals surface area contributed by atoms with Gasteiger partial charge in [0.05, 0.1) is 0 Å². The van der Waals surface area contributed by atoms with Gasteiger partial charge in [0.15, 0.2) is 0 Å². The Kier molecular flexibility index (Phi) is 3.68. The maximum atomic E-state index is 11.9. The summed E-state index contributed by atoms with van der Waals surface area (Å²) in [5, 5.41) is 3.12. The predicted octanol–water partition coefficient (Wildman–Crippen LogP) is 2.16. The van der Waals surface area contributed by atoms with Crippen molar-refractivity contribution in [3.63, 3.8) is 0 Å². The van der Waals surface area contributed by atoms with Crippen LogP contribution >= 0.6 is 0 Å². The van der Waals surface area contributed by atoms with Crippen LogP contribution in [-0.2, 0) is 4.79 Å². The molecule has 0 bridgehead atoms. The Morgan fingerprint density at radius 1 is 1.38 bits per heavy atom. The molecule has 3 unspecified atom stereocenters. The van der Waals surface area contributed by atoms with Gasteiger partial charge in [-0.05, 0) is 40.7 Å². The fourth-order valence-electron chi connectivity index (χ4n) is 2.73. The van der Waals surface area contributed by atoms with E-state index in [1.807, 2.05) is 0 Å². The molecule has 0 saturated carbocycles. The van der Waals surface area contributed by atoms with Gasteiger partial charge in [-0.1, -0.05) is 13.8 Å². The topological polar surface area (TPSA) is 32.3 Å². The third-order valence-electron chi connectivity index (χ3n) is 4.91. The average Bonchev–Trinajstić information content (AvgIpc) is 2.30. The van der Waals surface area contributed by atoms with Gasteiger partial charge in [-0.2, -0.15) is 0 Å². The SMILES string of the molecule is CCC1(C)CC(=O)NC(C)C(C)(CC)N1C. The Bertz CT molecular complexity index is 279. The fourth-order valence-corrected chi connectivity index (χ4v) is 2.73. The zero-order valence-corrected chi connectivity index (χ0v) is 11.6. The minimum absolute atomic E-state index is 0.0282. The van der Waals surface area contributed by atoms with E-state index in [1.54, 1.807) is 0 Å². The third kappa shape index (κ3) is 1.97. The molecular weight excluding hydrogens is 200 g/mol. The first-order valence-corrected chi connectivity index (χ1v) is 6.33. The normalized spacial score (nSPS) is 41.6. The summed E-state index contributed by atoms with van der Waals surface area (Å²) in [6.07, 6.45) is 2.64. The van der Waals surface area contributed by atoms with Crippen LogP contribution < -0.4 is 5.32 Å². The van der Waals surface area contributed by atoms with Crippen molar-refractivity contribution >= 4 is 5.91 Å². The number of rotatable bonds is 2. The quantitative estimate of drug-likeness (QED) is 0.782. The highest BCUT2D eigenvalue weighted by Crippen LogP contribution is 2.35. The van der Waals surface area contributed by atoms with E-state index in [2.05, 4.69) is 51.9 Å². The number of likely N-dealkylation sites (N-methyl/N-ethyl adjacent to an activating group) is 1. The minimum Gasteiger partial charge on any atom is -0.352 e. The maximum Gasteiger partial charge on any atom is 0.222 e. The van der Waals surface area contributed by atoms with Crippen LogP contribution in [-0.4, -0.2) is 35.0 Å². The molecule has 3 heteroatoms. The van der Waals surface area contributed by atoms with Crippen LogP contribution in [0.15, 0.2) is 0 Å². The Morgan fingerprint density at radius 3 is 2.38 bits per heavy atom. The summed E-state index contributed by atoms with van der Waals surface area (Å²) in [7, 11) is 2.16. The van der Waals surface area contributed by atoms with Crippen molar-refractivity contribution in [2.75, 3.05) is 7.05 Å². The van der Waals surface area contributed by atoms with Crippen LogP contribution in [0.25, 0.3) is 0 Å². The molecule has 0 aromatic carbocycles. The molecule has 1 fully saturated rings. The van der Waals surface area contributed by atoms with Gasteiger partial charge in [0.2, 0.25) is 5.91 Å². The van der Waals surface area contributed by atoms with E-state index in [4.69, 9.17) is 0 Å². The highest BCUT2D eigenvalue weighted by Gasteiger charge is 2.46. The summed E-state index contributed by atoms with van der Waals surface area (Å²) >= 11 is 0. The summed E-state index contributed by atoms with van der Waals surface area (Å²) in [5.74, 6) is 0.181. The zero-order valence-electron chi connectivity index (χ0n) is 11.6. The lowest BCUT2D eigenvalue weighted by atomic mass is 9.83. The van der Waals surface area contributed by atoms with Gasteiger partial charge in [0.1, 0.15) is 0 Å². The van der Waals surface area contributed by atoms with E-state index in [0.29, 0.717) is 6.42 Å². The zero-order chi connectivity index (χ0) is 12.6. The van der Waals surface area contributed by atoms with E-state index in [-0.39, 0.29) is 23.0 Å². The fraction of sp³-hybridized carbons (Fsp3) is 0.923. The molecule has 3 atom stereocenters. The van der Waals surface area contributed by atoms with Crippen molar-refractivity contribution in [2.24, 2.45) is 0 Å². The summed E-state index contributed by atoms with van der Waals surface area (Å²) in [5.41, 5.74) is 0.0104. The number of nitrogens with zero attached hydrogens (tertiary/aromatic N) is 1. The summed E-state index contributed by atoms with van der Waals surface area (Å²) in [6, 6.07) is 0.198. The highest BCUT2D eigenvalue weighted by atomic mass is 16.1.